The highest BCUT2D eigenvalue weighted by molar-refractivity contribution is 7.09. The van der Waals surface area contributed by atoms with E-state index in [0.29, 0.717) is 50.5 Å². The number of benzene rings is 1. The van der Waals surface area contributed by atoms with E-state index < -0.39 is 11.9 Å². The minimum atomic E-state index is -0.811. The fourth-order valence-corrected chi connectivity index (χ4v) is 4.40. The number of carboxylic acids is 1. The van der Waals surface area contributed by atoms with E-state index >= 15 is 0 Å². The Balaban J connectivity index is 1.61. The van der Waals surface area contributed by atoms with Gasteiger partial charge in [-0.2, -0.15) is 0 Å². The lowest BCUT2D eigenvalue weighted by molar-refractivity contribution is -0.141. The first-order chi connectivity index (χ1) is 13.1. The maximum Gasteiger partial charge on any atom is 0.306 e. The number of ether oxygens (including phenoxy) is 2. The maximum atomic E-state index is 13.3. The third-order valence-electron chi connectivity index (χ3n) is 5.13. The Morgan fingerprint density at radius 3 is 2.59 bits per heavy atom. The van der Waals surface area contributed by atoms with Gasteiger partial charge >= 0.3 is 5.97 Å². The normalized spacial score (nSPS) is 21.0. The zero-order valence-electron chi connectivity index (χ0n) is 14.8. The number of carbonyl (C=O) groups is 2. The standard InChI is InChI=1S/C20H21NO5S/c22-19(13-3-4-14(10-13)20(23)24)21(12-16-2-1-9-27-16)15-5-6-17-18(11-15)26-8-7-25-17/h1-2,5-6,9,11,13-14H,3-4,7-8,10,12H2,(H,23,24)/t13-,14+/m0/s1. The SMILES string of the molecule is O=C(O)[C@@H]1CC[C@H](C(=O)N(Cc2cccs2)c2ccc3c(c2)OCCO3)C1. The Morgan fingerprint density at radius 1 is 1.11 bits per heavy atom. The number of hydrogen-bond acceptors (Lipinski definition) is 5. The molecule has 2 heterocycles. The smallest absolute Gasteiger partial charge is 0.306 e. The Hall–Kier alpha value is -2.54. The van der Waals surface area contributed by atoms with E-state index in [-0.39, 0.29) is 11.8 Å². The van der Waals surface area contributed by atoms with Crippen LogP contribution in [0.15, 0.2) is 35.7 Å². The summed E-state index contributed by atoms with van der Waals surface area (Å²) in [5.74, 6) is -0.210. The van der Waals surface area contributed by atoms with Gasteiger partial charge in [0.2, 0.25) is 5.91 Å². The molecule has 1 saturated carbocycles. The number of fused-ring (bicyclic) bond motifs is 1. The minimum absolute atomic E-state index is 0.0242. The van der Waals surface area contributed by atoms with Gasteiger partial charge in [0.25, 0.3) is 0 Å². The van der Waals surface area contributed by atoms with Crippen molar-refractivity contribution in [1.29, 1.82) is 0 Å². The zero-order valence-corrected chi connectivity index (χ0v) is 15.6. The molecule has 1 fully saturated rings. The molecule has 2 aliphatic rings. The number of anilines is 1. The number of rotatable bonds is 5. The van der Waals surface area contributed by atoms with E-state index in [9.17, 15) is 14.7 Å². The molecular weight excluding hydrogens is 366 g/mol. The first kappa shape index (κ1) is 17.9. The van der Waals surface area contributed by atoms with Crippen LogP contribution < -0.4 is 14.4 Å². The molecule has 7 heteroatoms. The second-order valence-electron chi connectivity index (χ2n) is 6.88. The summed E-state index contributed by atoms with van der Waals surface area (Å²) < 4.78 is 11.2. The molecule has 1 aromatic carbocycles. The van der Waals surface area contributed by atoms with Crippen LogP contribution in [0.1, 0.15) is 24.1 Å². The van der Waals surface area contributed by atoms with Gasteiger partial charge in [0, 0.05) is 22.5 Å². The van der Waals surface area contributed by atoms with Crippen LogP contribution in [0.25, 0.3) is 0 Å². The van der Waals surface area contributed by atoms with Crippen LogP contribution in [-0.4, -0.2) is 30.2 Å². The monoisotopic (exact) mass is 387 g/mol. The molecule has 0 unspecified atom stereocenters. The summed E-state index contributed by atoms with van der Waals surface area (Å²) in [6.45, 7) is 1.46. The number of thiophene rings is 1. The van der Waals surface area contributed by atoms with Crippen molar-refractivity contribution in [2.45, 2.75) is 25.8 Å². The van der Waals surface area contributed by atoms with Crippen LogP contribution in [0.2, 0.25) is 0 Å². The highest BCUT2D eigenvalue weighted by Crippen LogP contribution is 2.38. The van der Waals surface area contributed by atoms with Crippen molar-refractivity contribution in [3.8, 4) is 11.5 Å². The lowest BCUT2D eigenvalue weighted by Gasteiger charge is -2.27. The van der Waals surface area contributed by atoms with Gasteiger partial charge in [-0.3, -0.25) is 9.59 Å². The summed E-state index contributed by atoms with van der Waals surface area (Å²) in [5, 5.41) is 11.2. The van der Waals surface area contributed by atoms with E-state index in [2.05, 4.69) is 0 Å². The minimum Gasteiger partial charge on any atom is -0.486 e. The second kappa shape index (κ2) is 7.60. The van der Waals surface area contributed by atoms with Gasteiger partial charge in [-0.15, -0.1) is 11.3 Å². The lowest BCUT2D eigenvalue weighted by Crippen LogP contribution is -2.35. The number of nitrogens with zero attached hydrogens (tertiary/aromatic N) is 1. The molecule has 2 atom stereocenters. The van der Waals surface area contributed by atoms with Gasteiger partial charge < -0.3 is 19.5 Å². The molecule has 27 heavy (non-hydrogen) atoms. The van der Waals surface area contributed by atoms with Crippen LogP contribution in [0, 0.1) is 11.8 Å². The Labute approximate surface area is 161 Å². The van der Waals surface area contributed by atoms with Crippen LogP contribution in [0.3, 0.4) is 0 Å². The molecule has 0 saturated heterocycles. The molecule has 0 bridgehead atoms. The maximum absolute atomic E-state index is 13.3. The molecule has 1 aliphatic heterocycles. The Bertz CT molecular complexity index is 835. The third kappa shape index (κ3) is 3.78. The fraction of sp³-hybridized carbons (Fsp3) is 0.400. The van der Waals surface area contributed by atoms with Gasteiger partial charge in [-0.1, -0.05) is 6.07 Å². The molecule has 2 aromatic rings. The van der Waals surface area contributed by atoms with Crippen molar-refractivity contribution >= 4 is 28.9 Å². The van der Waals surface area contributed by atoms with Crippen molar-refractivity contribution in [2.75, 3.05) is 18.1 Å². The summed E-state index contributed by atoms with van der Waals surface area (Å²) in [6, 6.07) is 9.49. The number of carboxylic acid groups (broad SMARTS) is 1. The molecule has 0 radical (unpaired) electrons. The van der Waals surface area contributed by atoms with E-state index in [1.807, 2.05) is 35.7 Å². The number of aliphatic carboxylic acids is 1. The molecule has 1 amide bonds. The molecule has 1 aromatic heterocycles. The predicted octanol–water partition coefficient (Wildman–Crippen LogP) is 3.55. The zero-order chi connectivity index (χ0) is 18.8. The van der Waals surface area contributed by atoms with E-state index in [4.69, 9.17) is 9.47 Å². The van der Waals surface area contributed by atoms with Gasteiger partial charge in [-0.05, 0) is 42.8 Å². The third-order valence-corrected chi connectivity index (χ3v) is 5.99. The average Bonchev–Trinajstić information content (AvgIpc) is 3.37. The van der Waals surface area contributed by atoms with Crippen LogP contribution in [0.5, 0.6) is 11.5 Å². The summed E-state index contributed by atoms with van der Waals surface area (Å²) in [5.41, 5.74) is 0.747. The van der Waals surface area contributed by atoms with Crippen molar-refractivity contribution in [2.24, 2.45) is 11.8 Å². The van der Waals surface area contributed by atoms with Crippen LogP contribution >= 0.6 is 11.3 Å². The van der Waals surface area contributed by atoms with Gasteiger partial charge in [-0.25, -0.2) is 0 Å². The first-order valence-electron chi connectivity index (χ1n) is 9.08. The topological polar surface area (TPSA) is 76.1 Å². The first-order valence-corrected chi connectivity index (χ1v) is 9.96. The summed E-state index contributed by atoms with van der Waals surface area (Å²) in [4.78, 5) is 27.4. The Kier molecular flexibility index (Phi) is 5.03. The summed E-state index contributed by atoms with van der Waals surface area (Å²) >= 11 is 1.60. The van der Waals surface area contributed by atoms with Crippen molar-refractivity contribution in [3.05, 3.63) is 40.6 Å². The van der Waals surface area contributed by atoms with Gasteiger partial charge in [0.05, 0.1) is 12.5 Å². The average molecular weight is 387 g/mol. The number of carbonyl (C=O) groups excluding carboxylic acids is 1. The molecular formula is C20H21NO5S. The number of amides is 1. The second-order valence-corrected chi connectivity index (χ2v) is 7.91. The Morgan fingerprint density at radius 2 is 1.89 bits per heavy atom. The molecule has 1 N–H and O–H groups in total. The fourth-order valence-electron chi connectivity index (χ4n) is 3.71. The molecule has 6 nitrogen and oxygen atoms in total. The molecule has 4 rings (SSSR count). The van der Waals surface area contributed by atoms with Gasteiger partial charge in [0.15, 0.2) is 11.5 Å². The van der Waals surface area contributed by atoms with E-state index in [1.54, 1.807) is 16.2 Å². The van der Waals surface area contributed by atoms with Crippen molar-refractivity contribution in [1.82, 2.24) is 0 Å². The molecule has 0 spiro atoms. The summed E-state index contributed by atoms with van der Waals surface area (Å²) in [6.07, 6.45) is 1.57. The largest absolute Gasteiger partial charge is 0.486 e. The molecule has 142 valence electrons. The van der Waals surface area contributed by atoms with Crippen molar-refractivity contribution in [3.63, 3.8) is 0 Å². The highest BCUT2D eigenvalue weighted by atomic mass is 32.1. The van der Waals surface area contributed by atoms with Gasteiger partial charge in [0.1, 0.15) is 13.2 Å². The van der Waals surface area contributed by atoms with Crippen molar-refractivity contribution < 1.29 is 24.2 Å². The summed E-state index contributed by atoms with van der Waals surface area (Å²) in [7, 11) is 0. The van der Waals surface area contributed by atoms with Crippen LogP contribution in [-0.2, 0) is 16.1 Å². The predicted molar refractivity (Wildman–Crippen MR) is 101 cm³/mol. The highest BCUT2D eigenvalue weighted by Gasteiger charge is 2.36. The molecule has 1 aliphatic carbocycles. The number of hydrogen-bond donors (Lipinski definition) is 1. The lowest BCUT2D eigenvalue weighted by atomic mass is 10.0. The van der Waals surface area contributed by atoms with E-state index in [0.717, 1.165) is 10.6 Å². The van der Waals surface area contributed by atoms with E-state index in [1.165, 1.54) is 0 Å². The quantitative estimate of drug-likeness (QED) is 0.849. The van der Waals surface area contributed by atoms with Crippen LogP contribution in [0.4, 0.5) is 5.69 Å².